The molecule has 0 radical (unpaired) electrons. The molecule has 110 valence electrons. The van der Waals surface area contributed by atoms with Gasteiger partial charge in [-0.1, -0.05) is 19.9 Å². The number of rotatable bonds is 6. The fourth-order valence-corrected chi connectivity index (χ4v) is 2.64. The molecule has 1 aromatic carbocycles. The third kappa shape index (κ3) is 3.47. The van der Waals surface area contributed by atoms with Crippen molar-refractivity contribution in [1.29, 1.82) is 0 Å². The molecule has 0 saturated carbocycles. The third-order valence-electron chi connectivity index (χ3n) is 3.58. The topological polar surface area (TPSA) is 66.4 Å². The van der Waals surface area contributed by atoms with Gasteiger partial charge in [-0.3, -0.25) is 9.59 Å². The molecule has 0 saturated heterocycles. The van der Waals surface area contributed by atoms with Gasteiger partial charge in [0.15, 0.2) is 0 Å². The molecule has 1 amide bonds. The number of nitrogens with one attached hydrogen (secondary N) is 1. The van der Waals surface area contributed by atoms with Gasteiger partial charge < -0.3 is 10.4 Å². The number of carboxylic acid groups (broad SMARTS) is 1. The van der Waals surface area contributed by atoms with Gasteiger partial charge in [-0.05, 0) is 47.6 Å². The summed E-state index contributed by atoms with van der Waals surface area (Å²) in [4.78, 5) is 23.4. The second kappa shape index (κ2) is 7.01. The fraction of sp³-hybridized carbons (Fsp3) is 0.429. The van der Waals surface area contributed by atoms with E-state index in [1.807, 2.05) is 22.6 Å². The van der Waals surface area contributed by atoms with Gasteiger partial charge in [-0.15, -0.1) is 0 Å². The monoisotopic (exact) mass is 393 g/mol. The van der Waals surface area contributed by atoms with Crippen molar-refractivity contribution in [3.05, 3.63) is 33.1 Å². The van der Waals surface area contributed by atoms with E-state index in [0.717, 1.165) is 0 Å². The van der Waals surface area contributed by atoms with E-state index < -0.39 is 23.1 Å². The highest BCUT2D eigenvalue weighted by Gasteiger charge is 2.35. The molecule has 0 aromatic heterocycles. The minimum absolute atomic E-state index is 0.0153. The smallest absolute Gasteiger partial charge is 0.311 e. The van der Waals surface area contributed by atoms with Crippen molar-refractivity contribution in [2.75, 3.05) is 6.54 Å². The Morgan fingerprint density at radius 3 is 2.40 bits per heavy atom. The Labute approximate surface area is 130 Å². The quantitative estimate of drug-likeness (QED) is 0.731. The maximum atomic E-state index is 13.7. The van der Waals surface area contributed by atoms with E-state index in [4.69, 9.17) is 0 Å². The van der Waals surface area contributed by atoms with Crippen molar-refractivity contribution in [3.8, 4) is 0 Å². The SMILES string of the molecule is CCC(CC)(CNC(=O)c1c(F)cccc1I)C(=O)O. The van der Waals surface area contributed by atoms with E-state index in [9.17, 15) is 19.1 Å². The molecule has 0 aliphatic carbocycles. The van der Waals surface area contributed by atoms with Crippen LogP contribution < -0.4 is 5.32 Å². The van der Waals surface area contributed by atoms with Crippen LogP contribution in [0.15, 0.2) is 18.2 Å². The van der Waals surface area contributed by atoms with Crippen LogP contribution in [-0.2, 0) is 4.79 Å². The number of aliphatic carboxylic acids is 1. The summed E-state index contributed by atoms with van der Waals surface area (Å²) in [6.45, 7) is 3.51. The molecule has 0 spiro atoms. The first-order valence-corrected chi connectivity index (χ1v) is 7.41. The lowest BCUT2D eigenvalue weighted by Crippen LogP contribution is -2.42. The molecule has 0 unspecified atom stereocenters. The molecule has 20 heavy (non-hydrogen) atoms. The summed E-state index contributed by atoms with van der Waals surface area (Å²) < 4.78 is 14.2. The highest BCUT2D eigenvalue weighted by molar-refractivity contribution is 14.1. The lowest BCUT2D eigenvalue weighted by molar-refractivity contribution is -0.149. The molecule has 1 rings (SSSR count). The number of halogens is 2. The zero-order valence-electron chi connectivity index (χ0n) is 11.4. The highest BCUT2D eigenvalue weighted by atomic mass is 127. The van der Waals surface area contributed by atoms with Crippen molar-refractivity contribution >= 4 is 34.5 Å². The van der Waals surface area contributed by atoms with Crippen molar-refractivity contribution in [2.24, 2.45) is 5.41 Å². The van der Waals surface area contributed by atoms with Crippen molar-refractivity contribution in [1.82, 2.24) is 5.32 Å². The minimum atomic E-state index is -1.01. The molecule has 0 atom stereocenters. The van der Waals surface area contributed by atoms with E-state index >= 15 is 0 Å². The van der Waals surface area contributed by atoms with Crippen molar-refractivity contribution in [2.45, 2.75) is 26.7 Å². The van der Waals surface area contributed by atoms with Crippen LogP contribution in [0.4, 0.5) is 4.39 Å². The molecule has 0 fully saturated rings. The Morgan fingerprint density at radius 1 is 1.35 bits per heavy atom. The molecular weight excluding hydrogens is 376 g/mol. The Morgan fingerprint density at radius 2 is 1.95 bits per heavy atom. The van der Waals surface area contributed by atoms with Gasteiger partial charge in [0.1, 0.15) is 5.82 Å². The van der Waals surface area contributed by atoms with Gasteiger partial charge in [-0.25, -0.2) is 4.39 Å². The van der Waals surface area contributed by atoms with Crippen LogP contribution in [0, 0.1) is 14.8 Å². The zero-order valence-corrected chi connectivity index (χ0v) is 13.5. The predicted octanol–water partition coefficient (Wildman–Crippen LogP) is 3.05. The van der Waals surface area contributed by atoms with Gasteiger partial charge in [0.2, 0.25) is 0 Å². The summed E-state index contributed by atoms with van der Waals surface area (Å²) in [5.74, 6) is -2.14. The Balaban J connectivity index is 2.89. The second-order valence-electron chi connectivity index (χ2n) is 4.57. The first kappa shape index (κ1) is 16.9. The summed E-state index contributed by atoms with van der Waals surface area (Å²) in [5.41, 5.74) is -1.05. The largest absolute Gasteiger partial charge is 0.481 e. The molecule has 0 aliphatic heterocycles. The average molecular weight is 393 g/mol. The normalized spacial score (nSPS) is 11.2. The number of amides is 1. The molecule has 0 bridgehead atoms. The predicted molar refractivity (Wildman–Crippen MR) is 82.1 cm³/mol. The summed E-state index contributed by atoms with van der Waals surface area (Å²) in [6.07, 6.45) is 0.793. The second-order valence-corrected chi connectivity index (χ2v) is 5.73. The van der Waals surface area contributed by atoms with E-state index in [1.54, 1.807) is 19.9 Å². The van der Waals surface area contributed by atoms with Crippen LogP contribution in [-0.4, -0.2) is 23.5 Å². The van der Waals surface area contributed by atoms with Gasteiger partial charge in [-0.2, -0.15) is 0 Å². The van der Waals surface area contributed by atoms with Crippen LogP contribution in [0.2, 0.25) is 0 Å². The van der Waals surface area contributed by atoms with Gasteiger partial charge in [0.05, 0.1) is 11.0 Å². The molecule has 0 heterocycles. The van der Waals surface area contributed by atoms with Crippen molar-refractivity contribution < 1.29 is 19.1 Å². The number of carbonyl (C=O) groups is 2. The standard InChI is InChI=1S/C14H17FINO3/c1-3-14(4-2,13(19)20)8-17-12(18)11-9(15)6-5-7-10(11)16/h5-7H,3-4,8H2,1-2H3,(H,17,18)(H,19,20). The number of carbonyl (C=O) groups excluding carboxylic acids is 1. The van der Waals surface area contributed by atoms with Crippen LogP contribution in [0.5, 0.6) is 0 Å². The van der Waals surface area contributed by atoms with Gasteiger partial charge >= 0.3 is 5.97 Å². The Kier molecular flexibility index (Phi) is 5.91. The molecule has 6 heteroatoms. The molecular formula is C14H17FINO3. The van der Waals surface area contributed by atoms with Crippen LogP contribution >= 0.6 is 22.6 Å². The summed E-state index contributed by atoms with van der Waals surface area (Å²) in [6, 6.07) is 4.36. The zero-order chi connectivity index (χ0) is 15.3. The van der Waals surface area contributed by atoms with E-state index in [2.05, 4.69) is 5.32 Å². The van der Waals surface area contributed by atoms with Crippen LogP contribution in [0.3, 0.4) is 0 Å². The molecule has 4 nitrogen and oxygen atoms in total. The first-order chi connectivity index (χ1) is 9.38. The number of benzene rings is 1. The number of hydrogen-bond acceptors (Lipinski definition) is 2. The van der Waals surface area contributed by atoms with E-state index in [-0.39, 0.29) is 12.1 Å². The summed E-state index contributed by atoms with van der Waals surface area (Å²) in [5, 5.41) is 11.8. The average Bonchev–Trinajstić information content (AvgIpc) is 2.40. The fourth-order valence-electron chi connectivity index (χ4n) is 1.93. The Bertz CT molecular complexity index is 495. The van der Waals surface area contributed by atoms with E-state index in [1.165, 1.54) is 12.1 Å². The van der Waals surface area contributed by atoms with Crippen molar-refractivity contribution in [3.63, 3.8) is 0 Å². The lowest BCUT2D eigenvalue weighted by atomic mass is 9.82. The van der Waals surface area contributed by atoms with Gasteiger partial charge in [0, 0.05) is 10.1 Å². The maximum Gasteiger partial charge on any atom is 0.311 e. The maximum absolute atomic E-state index is 13.7. The lowest BCUT2D eigenvalue weighted by Gasteiger charge is -2.26. The molecule has 0 aliphatic rings. The Hall–Kier alpha value is -1.18. The number of hydrogen-bond donors (Lipinski definition) is 2. The summed E-state index contributed by atoms with van der Waals surface area (Å²) >= 11 is 1.88. The molecule has 2 N–H and O–H groups in total. The third-order valence-corrected chi connectivity index (χ3v) is 4.48. The summed E-state index contributed by atoms with van der Waals surface area (Å²) in [7, 11) is 0. The molecule has 1 aromatic rings. The first-order valence-electron chi connectivity index (χ1n) is 6.33. The van der Waals surface area contributed by atoms with Gasteiger partial charge in [0.25, 0.3) is 5.91 Å². The van der Waals surface area contributed by atoms with E-state index in [0.29, 0.717) is 16.4 Å². The minimum Gasteiger partial charge on any atom is -0.481 e. The number of carboxylic acids is 1. The van der Waals surface area contributed by atoms with Crippen LogP contribution in [0.25, 0.3) is 0 Å². The highest BCUT2D eigenvalue weighted by Crippen LogP contribution is 2.26. The van der Waals surface area contributed by atoms with Crippen LogP contribution in [0.1, 0.15) is 37.0 Å².